The van der Waals surface area contributed by atoms with Gasteiger partial charge in [0.2, 0.25) is 10.0 Å². The second-order valence-corrected chi connectivity index (χ2v) is 13.7. The molecule has 42 heavy (non-hydrogen) atoms. The Labute approximate surface area is 244 Å². The number of anilines is 2. The van der Waals surface area contributed by atoms with Crippen LogP contribution in [0.4, 0.5) is 20.2 Å². The van der Waals surface area contributed by atoms with Crippen LogP contribution in [0.1, 0.15) is 54.7 Å². The minimum Gasteiger partial charge on any atom is -0.490 e. The molecule has 0 aromatic heterocycles. The molecule has 2 aliphatic heterocycles. The van der Waals surface area contributed by atoms with Crippen LogP contribution in [0.5, 0.6) is 5.75 Å². The molecule has 224 valence electrons. The average molecular weight is 601 g/mol. The van der Waals surface area contributed by atoms with E-state index in [4.69, 9.17) is 9.47 Å². The molecule has 8 nitrogen and oxygen atoms in total. The molecule has 2 N–H and O–H groups in total. The van der Waals surface area contributed by atoms with Crippen molar-refractivity contribution in [1.29, 1.82) is 0 Å². The van der Waals surface area contributed by atoms with Gasteiger partial charge in [-0.25, -0.2) is 22.0 Å². The summed E-state index contributed by atoms with van der Waals surface area (Å²) in [6.45, 7) is 10.9. The average Bonchev–Trinajstić information content (AvgIpc) is 2.90. The summed E-state index contributed by atoms with van der Waals surface area (Å²) < 4.78 is 70.1. The van der Waals surface area contributed by atoms with Crippen LogP contribution < -0.4 is 14.4 Å². The molecule has 0 saturated heterocycles. The first kappa shape index (κ1) is 29.8. The number of rotatable bonds is 5. The lowest BCUT2D eigenvalue weighted by atomic mass is 9.79. The number of hydrogen-bond acceptors (Lipinski definition) is 6. The Morgan fingerprint density at radius 1 is 1.02 bits per heavy atom. The summed E-state index contributed by atoms with van der Waals surface area (Å²) in [5.41, 5.74) is 2.75. The Hall–Kier alpha value is -3.70. The van der Waals surface area contributed by atoms with Gasteiger partial charge in [0, 0.05) is 28.8 Å². The first-order valence-corrected chi connectivity index (χ1v) is 15.4. The second kappa shape index (κ2) is 10.2. The number of nitrogens with one attached hydrogen (secondary N) is 1. The molecule has 0 radical (unpaired) electrons. The van der Waals surface area contributed by atoms with Gasteiger partial charge < -0.3 is 19.9 Å². The molecule has 0 saturated carbocycles. The number of sulfonamides is 1. The van der Waals surface area contributed by atoms with Gasteiger partial charge in [-0.1, -0.05) is 6.07 Å². The highest BCUT2D eigenvalue weighted by molar-refractivity contribution is 7.92. The van der Waals surface area contributed by atoms with Crippen LogP contribution in [0.25, 0.3) is 22.3 Å². The van der Waals surface area contributed by atoms with Gasteiger partial charge in [0.15, 0.2) is 6.10 Å². The predicted molar refractivity (Wildman–Crippen MR) is 158 cm³/mol. The van der Waals surface area contributed by atoms with E-state index in [1.54, 1.807) is 46.8 Å². The van der Waals surface area contributed by atoms with Gasteiger partial charge in [0.1, 0.15) is 24.0 Å². The van der Waals surface area contributed by atoms with E-state index in [0.717, 1.165) is 33.9 Å². The largest absolute Gasteiger partial charge is 0.490 e. The lowest BCUT2D eigenvalue weighted by molar-refractivity contribution is -0.160. The molecule has 2 heterocycles. The van der Waals surface area contributed by atoms with Gasteiger partial charge >= 0.3 is 5.97 Å². The van der Waals surface area contributed by atoms with Crippen molar-refractivity contribution in [2.45, 2.75) is 59.8 Å². The van der Waals surface area contributed by atoms with Crippen LogP contribution in [-0.2, 0) is 26.1 Å². The number of carboxylic acids is 1. The number of halogens is 2. The van der Waals surface area contributed by atoms with Crippen LogP contribution in [0, 0.1) is 32.4 Å². The maximum absolute atomic E-state index is 15.6. The second-order valence-electron chi connectivity index (χ2n) is 11.7. The molecule has 5 rings (SSSR count). The minimum atomic E-state index is -4.02. The number of carbonyl (C=O) groups is 1. The van der Waals surface area contributed by atoms with Crippen LogP contribution in [0.3, 0.4) is 0 Å². The quantitative estimate of drug-likeness (QED) is 0.357. The van der Waals surface area contributed by atoms with E-state index in [1.165, 1.54) is 0 Å². The van der Waals surface area contributed by atoms with Crippen molar-refractivity contribution in [1.82, 2.24) is 0 Å². The Bertz CT molecular complexity index is 1750. The predicted octanol–water partition coefficient (Wildman–Crippen LogP) is 6.25. The van der Waals surface area contributed by atoms with E-state index >= 15 is 8.78 Å². The molecule has 0 bridgehead atoms. The van der Waals surface area contributed by atoms with Crippen LogP contribution in [-0.4, -0.2) is 44.5 Å². The highest BCUT2D eigenvalue weighted by atomic mass is 32.2. The molecule has 3 aromatic carbocycles. The molecule has 0 aliphatic carbocycles. The first-order chi connectivity index (χ1) is 19.5. The Kier molecular flexibility index (Phi) is 7.26. The van der Waals surface area contributed by atoms with Gasteiger partial charge in [-0.05, 0) is 87.6 Å². The molecule has 0 unspecified atom stereocenters. The third-order valence-electron chi connectivity index (χ3n) is 7.74. The summed E-state index contributed by atoms with van der Waals surface area (Å²) in [6, 6.07) is 5.58. The molecule has 1 atom stereocenters. The maximum Gasteiger partial charge on any atom is 0.337 e. The highest BCUT2D eigenvalue weighted by Crippen LogP contribution is 2.53. The van der Waals surface area contributed by atoms with E-state index < -0.39 is 45.9 Å². The number of hydrogen-bond donors (Lipinski definition) is 2. The lowest BCUT2D eigenvalue weighted by Gasteiger charge is -2.37. The van der Waals surface area contributed by atoms with E-state index in [0.29, 0.717) is 35.6 Å². The van der Waals surface area contributed by atoms with Gasteiger partial charge in [-0.3, -0.25) is 4.31 Å². The fraction of sp³-hybridized carbons (Fsp3) is 0.387. The smallest absolute Gasteiger partial charge is 0.337 e. The molecule has 0 spiro atoms. The third-order valence-corrected chi connectivity index (χ3v) is 8.85. The standard InChI is InChI=1S/C31H34F2N2O6S/c1-15-18(8-11-22-27(15)34-12-13-40-22)23-16(2)24-26-19(20(32)9-10-21(26)33)14-35(42(7,38)39)28(24)17(3)25(23)29(30(36)37)41-31(4,5)6/h8-11,29,34H,12-14H2,1-7H3,(H,36,37)/t29-/m0/s1. The molecular weight excluding hydrogens is 566 g/mol. The number of ether oxygens (including phenoxy) is 2. The maximum atomic E-state index is 15.6. The number of carboxylic acid groups (broad SMARTS) is 1. The first-order valence-electron chi connectivity index (χ1n) is 13.6. The molecule has 0 fully saturated rings. The van der Waals surface area contributed by atoms with Crippen LogP contribution in [0.2, 0.25) is 0 Å². The van der Waals surface area contributed by atoms with Crippen LogP contribution in [0.15, 0.2) is 24.3 Å². The monoisotopic (exact) mass is 600 g/mol. The van der Waals surface area contributed by atoms with E-state index in [-0.39, 0.29) is 33.5 Å². The normalized spacial score (nSPS) is 15.2. The SMILES string of the molecule is Cc1c(-c2c(C)c3c(c(C)c2[C@H](OC(C)(C)C)C(=O)O)N(S(C)(=O)=O)Cc2c(F)ccc(F)c2-3)ccc2c1NCCO2. The highest BCUT2D eigenvalue weighted by Gasteiger charge is 2.40. The number of fused-ring (bicyclic) bond motifs is 4. The number of aliphatic carboxylic acids is 1. The fourth-order valence-corrected chi connectivity index (χ4v) is 6.97. The topological polar surface area (TPSA) is 105 Å². The number of benzene rings is 3. The van der Waals surface area contributed by atoms with Gasteiger partial charge in [-0.15, -0.1) is 0 Å². The summed E-state index contributed by atoms with van der Waals surface area (Å²) in [7, 11) is -4.02. The molecule has 3 aromatic rings. The Balaban J connectivity index is 2.00. The summed E-state index contributed by atoms with van der Waals surface area (Å²) >= 11 is 0. The number of nitrogens with zero attached hydrogens (tertiary/aromatic N) is 1. The zero-order valence-electron chi connectivity index (χ0n) is 24.6. The van der Waals surface area contributed by atoms with Crippen molar-refractivity contribution >= 4 is 27.4 Å². The van der Waals surface area contributed by atoms with E-state index in [9.17, 15) is 18.3 Å². The van der Waals surface area contributed by atoms with E-state index in [2.05, 4.69) is 5.32 Å². The zero-order chi connectivity index (χ0) is 30.9. The van der Waals surface area contributed by atoms with Crippen molar-refractivity contribution in [2.24, 2.45) is 0 Å². The summed E-state index contributed by atoms with van der Waals surface area (Å²) in [5.74, 6) is -2.08. The van der Waals surface area contributed by atoms with Crippen molar-refractivity contribution in [2.75, 3.05) is 29.0 Å². The van der Waals surface area contributed by atoms with Crippen molar-refractivity contribution in [3.63, 3.8) is 0 Å². The van der Waals surface area contributed by atoms with E-state index in [1.807, 2.05) is 6.92 Å². The van der Waals surface area contributed by atoms with Gasteiger partial charge in [-0.2, -0.15) is 0 Å². The fourth-order valence-electron chi connectivity index (χ4n) is 6.05. The summed E-state index contributed by atoms with van der Waals surface area (Å²) in [6.07, 6.45) is -0.523. The Morgan fingerprint density at radius 2 is 1.69 bits per heavy atom. The van der Waals surface area contributed by atoms with Gasteiger partial charge in [0.25, 0.3) is 0 Å². The lowest BCUT2D eigenvalue weighted by Crippen LogP contribution is -2.35. The molecular formula is C31H34F2N2O6S. The minimum absolute atomic E-state index is 0.0426. The van der Waals surface area contributed by atoms with Gasteiger partial charge in [0.05, 0.1) is 29.8 Å². The van der Waals surface area contributed by atoms with Crippen LogP contribution >= 0.6 is 0 Å². The Morgan fingerprint density at radius 3 is 2.31 bits per heavy atom. The molecule has 2 aliphatic rings. The summed E-state index contributed by atoms with van der Waals surface area (Å²) in [4.78, 5) is 12.9. The zero-order valence-corrected chi connectivity index (χ0v) is 25.4. The molecule has 0 amide bonds. The van der Waals surface area contributed by atoms with Crippen molar-refractivity contribution in [3.8, 4) is 28.0 Å². The van der Waals surface area contributed by atoms with Crippen molar-refractivity contribution < 1.29 is 36.6 Å². The third kappa shape index (κ3) is 4.88. The molecule has 11 heteroatoms. The van der Waals surface area contributed by atoms with Crippen molar-refractivity contribution in [3.05, 3.63) is 63.7 Å². The summed E-state index contributed by atoms with van der Waals surface area (Å²) in [5, 5.41) is 13.8.